The van der Waals surface area contributed by atoms with Crippen LogP contribution in [0.1, 0.15) is 15.9 Å². The summed E-state index contributed by atoms with van der Waals surface area (Å²) in [6.45, 7) is 0. The summed E-state index contributed by atoms with van der Waals surface area (Å²) in [4.78, 5) is 33.4. The van der Waals surface area contributed by atoms with Gasteiger partial charge in [0.1, 0.15) is 11.6 Å². The minimum Gasteiger partial charge on any atom is -0.308 e. The van der Waals surface area contributed by atoms with Gasteiger partial charge in [0.15, 0.2) is 11.5 Å². The molecule has 3 aromatic carbocycles. The summed E-state index contributed by atoms with van der Waals surface area (Å²) in [5.74, 6) is -2.49. The molecule has 40 heavy (non-hydrogen) atoms. The van der Waals surface area contributed by atoms with Crippen molar-refractivity contribution in [3.8, 4) is 11.3 Å². The molecule has 0 atom stereocenters. The Bertz CT molecular complexity index is 1750. The number of benzene rings is 3. The number of amides is 3. The van der Waals surface area contributed by atoms with Crippen molar-refractivity contribution in [1.82, 2.24) is 14.4 Å². The minimum absolute atomic E-state index is 0.0196. The van der Waals surface area contributed by atoms with Crippen LogP contribution in [0.15, 0.2) is 85.3 Å². The van der Waals surface area contributed by atoms with Gasteiger partial charge < -0.3 is 16.0 Å². The smallest absolute Gasteiger partial charge is 0.308 e. The van der Waals surface area contributed by atoms with Gasteiger partial charge in [0.2, 0.25) is 0 Å². The van der Waals surface area contributed by atoms with Crippen molar-refractivity contribution in [2.75, 3.05) is 16.0 Å². The Morgan fingerprint density at radius 2 is 1.65 bits per heavy atom. The SMILES string of the molecule is O=C(Nc1cccc(-c2cnc3c(NC(=O)c4cccc(C(F)(F)F)c4)nccn23)c1)Nc1ccc(F)cc1F. The Morgan fingerprint density at radius 1 is 0.850 bits per heavy atom. The highest BCUT2D eigenvalue weighted by atomic mass is 19.4. The molecule has 0 radical (unpaired) electrons. The summed E-state index contributed by atoms with van der Waals surface area (Å²) in [5.41, 5.74) is 0.340. The number of nitrogens with zero attached hydrogens (tertiary/aromatic N) is 3. The maximum atomic E-state index is 13.9. The largest absolute Gasteiger partial charge is 0.416 e. The molecule has 0 saturated heterocycles. The summed E-state index contributed by atoms with van der Waals surface area (Å²) in [5, 5.41) is 7.36. The van der Waals surface area contributed by atoms with Crippen molar-refractivity contribution < 1.29 is 31.5 Å². The zero-order valence-corrected chi connectivity index (χ0v) is 20.1. The second-order valence-electron chi connectivity index (χ2n) is 8.43. The van der Waals surface area contributed by atoms with Crippen LogP contribution in [0.3, 0.4) is 0 Å². The first-order valence-electron chi connectivity index (χ1n) is 11.5. The molecule has 3 amide bonds. The Balaban J connectivity index is 1.36. The second kappa shape index (κ2) is 10.4. The third-order valence-corrected chi connectivity index (χ3v) is 5.71. The predicted molar refractivity (Wildman–Crippen MR) is 137 cm³/mol. The molecule has 0 aliphatic rings. The number of carbonyl (C=O) groups is 2. The monoisotopic (exact) mass is 552 g/mol. The molecule has 13 heteroatoms. The first kappa shape index (κ1) is 26.3. The second-order valence-corrected chi connectivity index (χ2v) is 8.43. The van der Waals surface area contributed by atoms with Crippen molar-refractivity contribution in [1.29, 1.82) is 0 Å². The summed E-state index contributed by atoms with van der Waals surface area (Å²) in [6, 6.07) is 12.6. The van der Waals surface area contributed by atoms with Crippen LogP contribution in [0.25, 0.3) is 16.9 Å². The number of halogens is 5. The fourth-order valence-corrected chi connectivity index (χ4v) is 3.87. The molecule has 0 bridgehead atoms. The molecule has 0 spiro atoms. The topological polar surface area (TPSA) is 100 Å². The molecule has 0 fully saturated rings. The van der Waals surface area contributed by atoms with Gasteiger partial charge >= 0.3 is 12.2 Å². The van der Waals surface area contributed by atoms with Crippen LogP contribution in [0, 0.1) is 11.6 Å². The van der Waals surface area contributed by atoms with Gasteiger partial charge in [0.25, 0.3) is 5.91 Å². The van der Waals surface area contributed by atoms with E-state index in [1.54, 1.807) is 34.9 Å². The highest BCUT2D eigenvalue weighted by molar-refractivity contribution is 6.05. The normalized spacial score (nSPS) is 11.3. The predicted octanol–water partition coefficient (Wildman–Crippen LogP) is 6.59. The third-order valence-electron chi connectivity index (χ3n) is 5.71. The van der Waals surface area contributed by atoms with E-state index in [0.29, 0.717) is 23.0 Å². The summed E-state index contributed by atoms with van der Waals surface area (Å²) >= 11 is 0. The molecule has 2 heterocycles. The van der Waals surface area contributed by atoms with Gasteiger partial charge in [-0.3, -0.25) is 9.20 Å². The van der Waals surface area contributed by atoms with Gasteiger partial charge in [-0.05, 0) is 42.5 Å². The number of hydrogen-bond donors (Lipinski definition) is 3. The lowest BCUT2D eigenvalue weighted by Crippen LogP contribution is -2.20. The van der Waals surface area contributed by atoms with Crippen LogP contribution >= 0.6 is 0 Å². The van der Waals surface area contributed by atoms with Gasteiger partial charge in [0, 0.05) is 35.3 Å². The number of nitrogens with one attached hydrogen (secondary N) is 3. The van der Waals surface area contributed by atoms with Crippen LogP contribution in [0.2, 0.25) is 0 Å². The van der Waals surface area contributed by atoms with Gasteiger partial charge in [-0.2, -0.15) is 13.2 Å². The lowest BCUT2D eigenvalue weighted by molar-refractivity contribution is -0.137. The van der Waals surface area contributed by atoms with E-state index in [-0.39, 0.29) is 22.7 Å². The van der Waals surface area contributed by atoms with E-state index in [0.717, 1.165) is 30.3 Å². The number of hydrogen-bond acceptors (Lipinski definition) is 4. The number of urea groups is 1. The van der Waals surface area contributed by atoms with Gasteiger partial charge in [-0.25, -0.2) is 23.5 Å². The maximum absolute atomic E-state index is 13.9. The molecule has 0 aliphatic carbocycles. The van der Waals surface area contributed by atoms with Crippen molar-refractivity contribution >= 4 is 34.8 Å². The molecule has 0 aliphatic heterocycles. The number of anilines is 3. The van der Waals surface area contributed by atoms with Crippen molar-refractivity contribution in [3.05, 3.63) is 108 Å². The fraction of sp³-hybridized carbons (Fsp3) is 0.0370. The van der Waals surface area contributed by atoms with Crippen LogP contribution in [-0.2, 0) is 6.18 Å². The molecule has 202 valence electrons. The number of fused-ring (bicyclic) bond motifs is 1. The lowest BCUT2D eigenvalue weighted by atomic mass is 10.1. The molecule has 0 saturated carbocycles. The first-order valence-corrected chi connectivity index (χ1v) is 11.5. The summed E-state index contributed by atoms with van der Waals surface area (Å²) in [7, 11) is 0. The Morgan fingerprint density at radius 3 is 2.42 bits per heavy atom. The van der Waals surface area contributed by atoms with E-state index in [2.05, 4.69) is 25.9 Å². The average Bonchev–Trinajstić information content (AvgIpc) is 3.35. The number of aromatic nitrogens is 3. The summed E-state index contributed by atoms with van der Waals surface area (Å²) in [6.07, 6.45) is -0.161. The quantitative estimate of drug-likeness (QED) is 0.214. The molecular formula is C27H17F5N6O2. The zero-order valence-electron chi connectivity index (χ0n) is 20.1. The van der Waals surface area contributed by atoms with E-state index in [1.807, 2.05) is 0 Å². The molecular weight excluding hydrogens is 535 g/mol. The van der Waals surface area contributed by atoms with Crippen LogP contribution in [0.5, 0.6) is 0 Å². The maximum Gasteiger partial charge on any atom is 0.416 e. The van der Waals surface area contributed by atoms with E-state index in [1.165, 1.54) is 18.5 Å². The number of rotatable bonds is 5. The fourth-order valence-electron chi connectivity index (χ4n) is 3.87. The Labute approximate surface area is 222 Å². The standard InChI is InChI=1S/C27H17F5N6O2/c28-18-7-8-21(20(29)13-18)36-26(40)35-19-6-2-3-15(12-19)22-14-34-24-23(33-9-10-38(22)24)37-25(39)16-4-1-5-17(11-16)27(30,31)32/h1-14H,(H,33,37,39)(H2,35,36,40). The number of alkyl halides is 3. The van der Waals surface area contributed by atoms with Gasteiger partial charge in [0.05, 0.1) is 23.1 Å². The molecule has 2 aromatic heterocycles. The van der Waals surface area contributed by atoms with Gasteiger partial charge in [-0.1, -0.05) is 18.2 Å². The Hall–Kier alpha value is -5.33. The lowest BCUT2D eigenvalue weighted by Gasteiger charge is -2.11. The minimum atomic E-state index is -4.60. The Kier molecular flexibility index (Phi) is 6.86. The highest BCUT2D eigenvalue weighted by Crippen LogP contribution is 2.30. The van der Waals surface area contributed by atoms with Crippen LogP contribution in [-0.4, -0.2) is 26.3 Å². The molecule has 3 N–H and O–H groups in total. The number of imidazole rings is 1. The van der Waals surface area contributed by atoms with E-state index in [9.17, 15) is 31.5 Å². The van der Waals surface area contributed by atoms with E-state index < -0.39 is 35.3 Å². The van der Waals surface area contributed by atoms with Crippen LogP contribution < -0.4 is 16.0 Å². The van der Waals surface area contributed by atoms with Crippen molar-refractivity contribution in [2.24, 2.45) is 0 Å². The van der Waals surface area contributed by atoms with E-state index in [4.69, 9.17) is 0 Å². The highest BCUT2D eigenvalue weighted by Gasteiger charge is 2.31. The van der Waals surface area contributed by atoms with E-state index >= 15 is 0 Å². The van der Waals surface area contributed by atoms with Crippen molar-refractivity contribution in [2.45, 2.75) is 6.18 Å². The molecule has 8 nitrogen and oxygen atoms in total. The molecule has 5 rings (SSSR count). The molecule has 0 unspecified atom stereocenters. The number of carbonyl (C=O) groups excluding carboxylic acids is 2. The summed E-state index contributed by atoms with van der Waals surface area (Å²) < 4.78 is 67.7. The zero-order chi connectivity index (χ0) is 28.4. The first-order chi connectivity index (χ1) is 19.1. The van der Waals surface area contributed by atoms with Crippen molar-refractivity contribution in [3.63, 3.8) is 0 Å². The van der Waals surface area contributed by atoms with Crippen LogP contribution in [0.4, 0.5) is 43.9 Å². The van der Waals surface area contributed by atoms with Gasteiger partial charge in [-0.15, -0.1) is 0 Å². The third kappa shape index (κ3) is 5.57. The molecule has 5 aromatic rings. The average molecular weight is 552 g/mol.